The Hall–Kier alpha value is -2.79. The summed E-state index contributed by atoms with van der Waals surface area (Å²) < 4.78 is 13.7. The van der Waals surface area contributed by atoms with E-state index in [2.05, 4.69) is 10.3 Å². The predicted octanol–water partition coefficient (Wildman–Crippen LogP) is 4.70. The monoisotopic (exact) mass is 391 g/mol. The second-order valence-electron chi connectivity index (χ2n) is 7.67. The SMILES string of the molecule is CCN(C(=O)C1CCNCC1)c1cc2ccc(-c3cc(F)ccc3C)cc2cn1. The quantitative estimate of drug-likeness (QED) is 0.701. The molecule has 2 heterocycles. The van der Waals surface area contributed by atoms with Gasteiger partial charge >= 0.3 is 0 Å². The van der Waals surface area contributed by atoms with Crippen molar-refractivity contribution in [3.05, 3.63) is 60.0 Å². The van der Waals surface area contributed by atoms with E-state index in [0.29, 0.717) is 12.4 Å². The minimum absolute atomic E-state index is 0.0621. The van der Waals surface area contributed by atoms with Crippen molar-refractivity contribution in [2.45, 2.75) is 26.7 Å². The Labute approximate surface area is 170 Å². The van der Waals surface area contributed by atoms with Gasteiger partial charge in [0.1, 0.15) is 11.6 Å². The van der Waals surface area contributed by atoms with Gasteiger partial charge < -0.3 is 5.32 Å². The molecule has 3 aromatic rings. The smallest absolute Gasteiger partial charge is 0.231 e. The average Bonchev–Trinajstić information content (AvgIpc) is 2.76. The lowest BCUT2D eigenvalue weighted by Crippen LogP contribution is -2.41. The summed E-state index contributed by atoms with van der Waals surface area (Å²) in [4.78, 5) is 19.4. The maximum atomic E-state index is 13.7. The molecule has 2 aromatic carbocycles. The van der Waals surface area contributed by atoms with Crippen molar-refractivity contribution in [2.75, 3.05) is 24.5 Å². The van der Waals surface area contributed by atoms with Crippen LogP contribution in [0.25, 0.3) is 21.9 Å². The largest absolute Gasteiger partial charge is 0.317 e. The Morgan fingerprint density at radius 1 is 1.14 bits per heavy atom. The Morgan fingerprint density at radius 2 is 1.93 bits per heavy atom. The summed E-state index contributed by atoms with van der Waals surface area (Å²) in [5.74, 6) is 0.673. The average molecular weight is 391 g/mol. The summed E-state index contributed by atoms with van der Waals surface area (Å²) in [5, 5.41) is 5.30. The summed E-state index contributed by atoms with van der Waals surface area (Å²) in [6, 6.07) is 12.9. The van der Waals surface area contributed by atoms with Crippen LogP contribution in [-0.2, 0) is 4.79 Å². The third kappa shape index (κ3) is 4.01. The number of rotatable bonds is 4. The van der Waals surface area contributed by atoms with Crippen LogP contribution < -0.4 is 10.2 Å². The lowest BCUT2D eigenvalue weighted by Gasteiger charge is -2.28. The summed E-state index contributed by atoms with van der Waals surface area (Å²) in [7, 11) is 0. The van der Waals surface area contributed by atoms with Crippen LogP contribution in [0.5, 0.6) is 0 Å². The van der Waals surface area contributed by atoms with E-state index >= 15 is 0 Å². The van der Waals surface area contributed by atoms with Gasteiger partial charge in [0.05, 0.1) is 0 Å². The maximum absolute atomic E-state index is 13.7. The Bertz CT molecular complexity index is 1040. The van der Waals surface area contributed by atoms with Gasteiger partial charge in [-0.3, -0.25) is 9.69 Å². The molecular weight excluding hydrogens is 365 g/mol. The maximum Gasteiger partial charge on any atom is 0.231 e. The van der Waals surface area contributed by atoms with Crippen molar-refractivity contribution < 1.29 is 9.18 Å². The number of hydrogen-bond acceptors (Lipinski definition) is 3. The lowest BCUT2D eigenvalue weighted by molar-refractivity contribution is -0.123. The number of carbonyl (C=O) groups is 1. The van der Waals surface area contributed by atoms with Crippen molar-refractivity contribution in [2.24, 2.45) is 5.92 Å². The molecule has 1 N–H and O–H groups in total. The highest BCUT2D eigenvalue weighted by atomic mass is 19.1. The van der Waals surface area contributed by atoms with E-state index in [4.69, 9.17) is 0 Å². The fourth-order valence-electron chi connectivity index (χ4n) is 4.07. The number of anilines is 1. The number of carbonyl (C=O) groups excluding carboxylic acids is 1. The minimum atomic E-state index is -0.241. The number of aromatic nitrogens is 1. The number of nitrogens with one attached hydrogen (secondary N) is 1. The topological polar surface area (TPSA) is 45.2 Å². The molecule has 0 aliphatic carbocycles. The van der Waals surface area contributed by atoms with E-state index < -0.39 is 0 Å². The minimum Gasteiger partial charge on any atom is -0.317 e. The molecule has 0 spiro atoms. The van der Waals surface area contributed by atoms with Gasteiger partial charge in [0, 0.05) is 24.0 Å². The van der Waals surface area contributed by atoms with E-state index in [-0.39, 0.29) is 17.6 Å². The Balaban J connectivity index is 1.65. The van der Waals surface area contributed by atoms with E-state index in [9.17, 15) is 9.18 Å². The summed E-state index contributed by atoms with van der Waals surface area (Å²) in [6.45, 7) is 6.34. The van der Waals surface area contributed by atoms with Gasteiger partial charge in [0.2, 0.25) is 5.91 Å². The van der Waals surface area contributed by atoms with Crippen LogP contribution in [0.3, 0.4) is 0 Å². The molecule has 1 aliphatic heterocycles. The molecule has 1 fully saturated rings. The highest BCUT2D eigenvalue weighted by Crippen LogP contribution is 2.29. The van der Waals surface area contributed by atoms with Crippen molar-refractivity contribution in [1.82, 2.24) is 10.3 Å². The van der Waals surface area contributed by atoms with Gasteiger partial charge in [0.25, 0.3) is 0 Å². The molecule has 1 saturated heterocycles. The van der Waals surface area contributed by atoms with Crippen LogP contribution in [0.15, 0.2) is 48.7 Å². The van der Waals surface area contributed by atoms with Crippen LogP contribution >= 0.6 is 0 Å². The van der Waals surface area contributed by atoms with Crippen LogP contribution in [0.1, 0.15) is 25.3 Å². The molecule has 4 nitrogen and oxygen atoms in total. The van der Waals surface area contributed by atoms with Gasteiger partial charge in [0.15, 0.2) is 0 Å². The first-order valence-corrected chi connectivity index (χ1v) is 10.2. The zero-order valence-corrected chi connectivity index (χ0v) is 16.9. The number of nitrogens with zero attached hydrogens (tertiary/aromatic N) is 2. The molecule has 0 unspecified atom stereocenters. The van der Waals surface area contributed by atoms with Gasteiger partial charge in [-0.1, -0.05) is 18.2 Å². The van der Waals surface area contributed by atoms with Gasteiger partial charge in [-0.25, -0.2) is 9.37 Å². The number of hydrogen-bond donors (Lipinski definition) is 1. The molecule has 5 heteroatoms. The van der Waals surface area contributed by atoms with Crippen molar-refractivity contribution >= 4 is 22.5 Å². The zero-order valence-electron chi connectivity index (χ0n) is 16.9. The van der Waals surface area contributed by atoms with Gasteiger partial charge in [-0.15, -0.1) is 0 Å². The molecule has 150 valence electrons. The number of amides is 1. The molecule has 1 amide bonds. The van der Waals surface area contributed by atoms with Gasteiger partial charge in [-0.05, 0) is 86.1 Å². The Morgan fingerprint density at radius 3 is 2.69 bits per heavy atom. The number of aryl methyl sites for hydroxylation is 1. The molecule has 0 bridgehead atoms. The highest BCUT2D eigenvalue weighted by Gasteiger charge is 2.26. The van der Waals surface area contributed by atoms with Gasteiger partial charge in [-0.2, -0.15) is 0 Å². The number of piperidine rings is 1. The van der Waals surface area contributed by atoms with Crippen molar-refractivity contribution in [1.29, 1.82) is 0 Å². The molecule has 29 heavy (non-hydrogen) atoms. The fourth-order valence-corrected chi connectivity index (χ4v) is 4.07. The van der Waals surface area contributed by atoms with E-state index in [1.807, 2.05) is 38.1 Å². The first-order chi connectivity index (χ1) is 14.1. The molecular formula is C24H26FN3O. The fraction of sp³-hybridized carbons (Fsp3) is 0.333. The van der Waals surface area contributed by atoms with E-state index in [1.165, 1.54) is 6.07 Å². The number of halogens is 1. The van der Waals surface area contributed by atoms with E-state index in [0.717, 1.165) is 53.4 Å². The third-order valence-electron chi connectivity index (χ3n) is 5.77. The van der Waals surface area contributed by atoms with Crippen molar-refractivity contribution in [3.63, 3.8) is 0 Å². The normalized spacial score (nSPS) is 14.9. The first kappa shape index (κ1) is 19.5. The first-order valence-electron chi connectivity index (χ1n) is 10.2. The Kier molecular flexibility index (Phi) is 5.58. The van der Waals surface area contributed by atoms with Crippen LogP contribution in [0.4, 0.5) is 10.2 Å². The third-order valence-corrected chi connectivity index (χ3v) is 5.77. The predicted molar refractivity (Wildman–Crippen MR) is 115 cm³/mol. The van der Waals surface area contributed by atoms with Crippen LogP contribution in [0.2, 0.25) is 0 Å². The zero-order chi connectivity index (χ0) is 20.4. The second-order valence-corrected chi connectivity index (χ2v) is 7.67. The number of fused-ring (bicyclic) bond motifs is 1. The molecule has 1 aliphatic rings. The second kappa shape index (κ2) is 8.29. The molecule has 0 saturated carbocycles. The number of benzene rings is 2. The number of pyridine rings is 1. The standard InChI is InChI=1S/C24H26FN3O/c1-3-28(24(29)17-8-10-26-11-9-17)23-13-18-5-6-19(12-20(18)15-27-23)22-14-21(25)7-4-16(22)2/h4-7,12-15,17,26H,3,8-11H2,1-2H3. The van der Waals surface area contributed by atoms with Crippen LogP contribution in [-0.4, -0.2) is 30.5 Å². The lowest BCUT2D eigenvalue weighted by atomic mass is 9.96. The van der Waals surface area contributed by atoms with Crippen LogP contribution in [0, 0.1) is 18.7 Å². The molecule has 4 rings (SSSR count). The molecule has 0 radical (unpaired) electrons. The summed E-state index contributed by atoms with van der Waals surface area (Å²) in [6.07, 6.45) is 3.56. The van der Waals surface area contributed by atoms with E-state index in [1.54, 1.807) is 23.2 Å². The summed E-state index contributed by atoms with van der Waals surface area (Å²) in [5.41, 5.74) is 2.87. The molecule has 0 atom stereocenters. The molecule has 1 aromatic heterocycles. The summed E-state index contributed by atoms with van der Waals surface area (Å²) >= 11 is 0. The van der Waals surface area contributed by atoms with Crippen molar-refractivity contribution in [3.8, 4) is 11.1 Å². The highest BCUT2D eigenvalue weighted by molar-refractivity contribution is 5.97.